The lowest BCUT2D eigenvalue weighted by Crippen LogP contribution is -2.41. The summed E-state index contributed by atoms with van der Waals surface area (Å²) in [6, 6.07) is 9.01. The van der Waals surface area contributed by atoms with Crippen LogP contribution in [0.2, 0.25) is 0 Å². The van der Waals surface area contributed by atoms with Gasteiger partial charge in [0.1, 0.15) is 5.01 Å². The third kappa shape index (κ3) is 6.14. The fraction of sp³-hybridized carbons (Fsp3) is 0.474. The number of benzene rings is 1. The third-order valence-electron chi connectivity index (χ3n) is 3.93. The van der Waals surface area contributed by atoms with Gasteiger partial charge in [-0.1, -0.05) is 29.8 Å². The van der Waals surface area contributed by atoms with E-state index in [1.807, 2.05) is 6.20 Å². The van der Waals surface area contributed by atoms with Crippen LogP contribution in [-0.4, -0.2) is 43.0 Å². The molecule has 0 saturated carbocycles. The first-order chi connectivity index (χ1) is 12.0. The van der Waals surface area contributed by atoms with Gasteiger partial charge in [-0.05, 0) is 40.4 Å². The van der Waals surface area contributed by atoms with Gasteiger partial charge in [0.05, 0.1) is 12.6 Å². The molecule has 2 rings (SSSR count). The van der Waals surface area contributed by atoms with Gasteiger partial charge < -0.3 is 15.5 Å². The van der Waals surface area contributed by atoms with Crippen molar-refractivity contribution in [1.82, 2.24) is 20.5 Å². The first-order valence-corrected chi connectivity index (χ1v) is 9.47. The van der Waals surface area contributed by atoms with E-state index in [4.69, 9.17) is 0 Å². The second-order valence-electron chi connectivity index (χ2n) is 6.33. The maximum absolute atomic E-state index is 4.66. The minimum Gasteiger partial charge on any atom is -0.357 e. The number of aromatic nitrogens is 1. The van der Waals surface area contributed by atoms with Gasteiger partial charge in [0.2, 0.25) is 0 Å². The van der Waals surface area contributed by atoms with E-state index in [0.717, 1.165) is 24.1 Å². The van der Waals surface area contributed by atoms with Crippen LogP contribution in [0.25, 0.3) is 0 Å². The Hall–Kier alpha value is -1.92. The summed E-state index contributed by atoms with van der Waals surface area (Å²) in [5.41, 5.74) is 2.58. The molecule has 0 amide bonds. The Morgan fingerprint density at radius 3 is 2.48 bits per heavy atom. The van der Waals surface area contributed by atoms with Crippen molar-refractivity contribution in [2.75, 3.05) is 27.2 Å². The summed E-state index contributed by atoms with van der Waals surface area (Å²) in [5.74, 6) is 0.828. The topological polar surface area (TPSA) is 52.6 Å². The van der Waals surface area contributed by atoms with Crippen LogP contribution in [-0.2, 0) is 6.54 Å². The molecule has 0 radical (unpaired) electrons. The maximum atomic E-state index is 4.66. The molecule has 1 heterocycles. The quantitative estimate of drug-likeness (QED) is 0.589. The van der Waals surface area contributed by atoms with E-state index in [2.05, 4.69) is 84.6 Å². The van der Waals surface area contributed by atoms with Crippen LogP contribution in [0, 0.1) is 13.8 Å². The summed E-state index contributed by atoms with van der Waals surface area (Å²) in [4.78, 5) is 12.5. The Kier molecular flexibility index (Phi) is 7.40. The summed E-state index contributed by atoms with van der Waals surface area (Å²) in [5, 5.41) is 7.82. The number of nitrogens with one attached hydrogen (secondary N) is 2. The van der Waals surface area contributed by atoms with Gasteiger partial charge in [-0.3, -0.25) is 0 Å². The number of hydrogen-bond acceptors (Lipinski definition) is 4. The fourth-order valence-electron chi connectivity index (χ4n) is 2.54. The summed E-state index contributed by atoms with van der Waals surface area (Å²) >= 11 is 1.69. The molecule has 0 aliphatic rings. The largest absolute Gasteiger partial charge is 0.357 e. The normalized spacial score (nSPS) is 13.1. The van der Waals surface area contributed by atoms with Gasteiger partial charge in [-0.25, -0.2) is 9.98 Å². The van der Waals surface area contributed by atoms with Crippen molar-refractivity contribution < 1.29 is 0 Å². The smallest absolute Gasteiger partial charge is 0.191 e. The zero-order chi connectivity index (χ0) is 18.2. The lowest BCUT2D eigenvalue weighted by atomic mass is 10.0. The molecule has 5 nitrogen and oxygen atoms in total. The van der Waals surface area contributed by atoms with Crippen molar-refractivity contribution >= 4 is 17.3 Å². The van der Waals surface area contributed by atoms with Crippen molar-refractivity contribution in [2.24, 2.45) is 4.99 Å². The fourth-order valence-corrected chi connectivity index (χ4v) is 3.26. The molecule has 0 aliphatic heterocycles. The highest BCUT2D eigenvalue weighted by Crippen LogP contribution is 2.18. The monoisotopic (exact) mass is 359 g/mol. The molecule has 6 heteroatoms. The molecule has 0 spiro atoms. The maximum Gasteiger partial charge on any atom is 0.191 e. The Balaban J connectivity index is 2.02. The van der Waals surface area contributed by atoms with E-state index in [-0.39, 0.29) is 6.04 Å². The van der Waals surface area contributed by atoms with E-state index in [1.54, 1.807) is 11.3 Å². The van der Waals surface area contributed by atoms with Crippen LogP contribution >= 0.6 is 11.3 Å². The standard InChI is InChI=1S/C19H29N5S/c1-6-20-19(23-13-18-21-11-15(3)25-18)22-12-17(24(4)5)16-9-7-14(2)8-10-16/h7-11,17H,6,12-13H2,1-5H3,(H2,20,22,23). The van der Waals surface area contributed by atoms with Gasteiger partial charge >= 0.3 is 0 Å². The highest BCUT2D eigenvalue weighted by atomic mass is 32.1. The van der Waals surface area contributed by atoms with Crippen LogP contribution in [0.4, 0.5) is 0 Å². The summed E-state index contributed by atoms with van der Waals surface area (Å²) in [6.45, 7) is 8.48. The van der Waals surface area contributed by atoms with Crippen LogP contribution in [0.1, 0.15) is 34.0 Å². The Morgan fingerprint density at radius 1 is 1.20 bits per heavy atom. The minimum absolute atomic E-state index is 0.284. The zero-order valence-corrected chi connectivity index (χ0v) is 16.7. The van der Waals surface area contributed by atoms with E-state index in [0.29, 0.717) is 6.54 Å². The lowest BCUT2D eigenvalue weighted by molar-refractivity contribution is 0.298. The Bertz CT molecular complexity index is 675. The predicted molar refractivity (Wildman–Crippen MR) is 107 cm³/mol. The van der Waals surface area contributed by atoms with Crippen LogP contribution < -0.4 is 10.6 Å². The summed E-state index contributed by atoms with van der Waals surface area (Å²) < 4.78 is 0. The van der Waals surface area contributed by atoms with Gasteiger partial charge in [-0.2, -0.15) is 0 Å². The highest BCUT2D eigenvalue weighted by molar-refractivity contribution is 7.11. The molecule has 2 aromatic rings. The van der Waals surface area contributed by atoms with Crippen molar-refractivity contribution in [3.8, 4) is 0 Å². The van der Waals surface area contributed by atoms with Crippen LogP contribution in [0.5, 0.6) is 0 Å². The minimum atomic E-state index is 0.284. The molecular formula is C19H29N5S. The van der Waals surface area contributed by atoms with Crippen molar-refractivity contribution in [3.05, 3.63) is 51.5 Å². The molecular weight excluding hydrogens is 330 g/mol. The average Bonchev–Trinajstić information content (AvgIpc) is 2.99. The van der Waals surface area contributed by atoms with E-state index in [1.165, 1.54) is 16.0 Å². The molecule has 136 valence electrons. The van der Waals surface area contributed by atoms with Crippen LogP contribution in [0.3, 0.4) is 0 Å². The van der Waals surface area contributed by atoms with E-state index in [9.17, 15) is 0 Å². The predicted octanol–water partition coefficient (Wildman–Crippen LogP) is 3.12. The van der Waals surface area contributed by atoms with Gasteiger partial charge in [0.25, 0.3) is 0 Å². The Labute approximate surface area is 155 Å². The SMILES string of the molecule is CCNC(=NCc1ncc(C)s1)NCC(c1ccc(C)cc1)N(C)C. The molecule has 0 fully saturated rings. The summed E-state index contributed by atoms with van der Waals surface area (Å²) in [7, 11) is 4.21. The second-order valence-corrected chi connectivity index (χ2v) is 7.65. The zero-order valence-electron chi connectivity index (χ0n) is 15.8. The number of hydrogen-bond donors (Lipinski definition) is 2. The first kappa shape index (κ1) is 19.4. The van der Waals surface area contributed by atoms with Gasteiger partial charge in [-0.15, -0.1) is 11.3 Å². The molecule has 0 saturated heterocycles. The number of thiazole rings is 1. The number of aryl methyl sites for hydroxylation is 2. The molecule has 0 bridgehead atoms. The number of rotatable bonds is 7. The average molecular weight is 360 g/mol. The van der Waals surface area contributed by atoms with E-state index >= 15 is 0 Å². The number of aliphatic imine (C=N–C) groups is 1. The first-order valence-electron chi connectivity index (χ1n) is 8.66. The van der Waals surface area contributed by atoms with Crippen LogP contribution in [0.15, 0.2) is 35.5 Å². The van der Waals surface area contributed by atoms with Gasteiger partial charge in [0.15, 0.2) is 5.96 Å². The molecule has 0 aliphatic carbocycles. The second kappa shape index (κ2) is 9.53. The number of guanidine groups is 1. The lowest BCUT2D eigenvalue weighted by Gasteiger charge is -2.26. The highest BCUT2D eigenvalue weighted by Gasteiger charge is 2.14. The molecule has 25 heavy (non-hydrogen) atoms. The summed E-state index contributed by atoms with van der Waals surface area (Å²) in [6.07, 6.45) is 1.90. The van der Waals surface area contributed by atoms with E-state index < -0.39 is 0 Å². The van der Waals surface area contributed by atoms with Crippen molar-refractivity contribution in [1.29, 1.82) is 0 Å². The van der Waals surface area contributed by atoms with Gasteiger partial charge in [0, 0.05) is 24.2 Å². The molecule has 1 unspecified atom stereocenters. The molecule has 1 atom stereocenters. The number of likely N-dealkylation sites (N-methyl/N-ethyl adjacent to an activating group) is 1. The molecule has 1 aromatic carbocycles. The third-order valence-corrected chi connectivity index (χ3v) is 4.83. The molecule has 2 N–H and O–H groups in total. The van der Waals surface area contributed by atoms with Crippen molar-refractivity contribution in [2.45, 2.75) is 33.4 Å². The molecule has 1 aromatic heterocycles. The Morgan fingerprint density at radius 2 is 1.92 bits per heavy atom. The van der Waals surface area contributed by atoms with Crippen molar-refractivity contribution in [3.63, 3.8) is 0 Å². The number of nitrogens with zero attached hydrogens (tertiary/aromatic N) is 3.